The first-order valence-electron chi connectivity index (χ1n) is 9.94. The van der Waals surface area contributed by atoms with Crippen molar-refractivity contribution in [3.8, 4) is 23.0 Å². The molecule has 0 fully saturated rings. The van der Waals surface area contributed by atoms with Gasteiger partial charge in [0.25, 0.3) is 5.91 Å². The second-order valence-electron chi connectivity index (χ2n) is 7.15. The van der Waals surface area contributed by atoms with E-state index in [4.69, 9.17) is 4.74 Å². The molecule has 0 atom stereocenters. The zero-order valence-corrected chi connectivity index (χ0v) is 18.5. The summed E-state index contributed by atoms with van der Waals surface area (Å²) in [5, 5.41) is 2.38. The van der Waals surface area contributed by atoms with Gasteiger partial charge in [0.05, 0.1) is 0 Å². The molecule has 3 aromatic rings. The minimum Gasteiger partial charge on any atom is -0.453 e. The molecule has 0 bridgehead atoms. The Labute approximate surface area is 199 Å². The van der Waals surface area contributed by atoms with Gasteiger partial charge in [0.2, 0.25) is 0 Å². The van der Waals surface area contributed by atoms with Crippen LogP contribution < -0.4 is 19.5 Å². The molecule has 1 amide bonds. The van der Waals surface area contributed by atoms with Crippen molar-refractivity contribution in [1.29, 1.82) is 0 Å². The van der Waals surface area contributed by atoms with Crippen LogP contribution in [0.3, 0.4) is 0 Å². The fourth-order valence-corrected chi connectivity index (χ4v) is 2.93. The molecule has 0 aliphatic rings. The Hall–Kier alpha value is -4.29. The Kier molecular flexibility index (Phi) is 7.71. The summed E-state index contributed by atoms with van der Waals surface area (Å²) in [5.74, 6) is -5.18. The van der Waals surface area contributed by atoms with Gasteiger partial charge in [-0.05, 0) is 42.8 Å². The van der Waals surface area contributed by atoms with Crippen molar-refractivity contribution in [2.45, 2.75) is 26.8 Å². The quantitative estimate of drug-likeness (QED) is 0.282. The lowest BCUT2D eigenvalue weighted by atomic mass is 10.1. The van der Waals surface area contributed by atoms with Crippen LogP contribution in [0, 0.1) is 12.7 Å². The summed E-state index contributed by atoms with van der Waals surface area (Å²) < 4.78 is 91.6. The normalized spacial score (nSPS) is 11.2. The number of alkyl halides is 5. The van der Waals surface area contributed by atoms with Gasteiger partial charge in [-0.3, -0.25) is 14.6 Å². The number of carbonyl (C=O) groups is 2. The molecule has 190 valence electrons. The Morgan fingerprint density at radius 2 is 1.69 bits per heavy atom. The van der Waals surface area contributed by atoms with Crippen LogP contribution in [0.15, 0.2) is 48.7 Å². The first-order valence-corrected chi connectivity index (χ1v) is 9.94. The van der Waals surface area contributed by atoms with Crippen molar-refractivity contribution >= 4 is 17.4 Å². The molecular formula is C23H16F6N2O5. The summed E-state index contributed by atoms with van der Waals surface area (Å²) in [5.41, 5.74) is -0.481. The molecule has 7 nitrogen and oxygen atoms in total. The number of benzene rings is 2. The minimum atomic E-state index is -5.11. The number of Topliss-reactive ketones (excluding diaryl/α,β-unsaturated/α-hetero) is 1. The third-order valence-electron chi connectivity index (χ3n) is 4.49. The number of pyridine rings is 1. The molecular weight excluding hydrogens is 498 g/mol. The summed E-state index contributed by atoms with van der Waals surface area (Å²) in [6, 6.07) is 7.06. The van der Waals surface area contributed by atoms with Crippen molar-refractivity contribution in [2.75, 3.05) is 5.32 Å². The average Bonchev–Trinajstić information content (AvgIpc) is 2.76. The first-order chi connectivity index (χ1) is 16.8. The standard InChI is InChI=1S/C23H16F6N2O5/c1-11-3-5-17(19(20(11)24)21(33)31-13-7-8-30-15(9-13)12(2)32)34-16-6-4-14(36-23(27,28)29)10-18(16)35-22(25)26/h3-10,22H,1-2H3,(H,30,31,33). The Bertz CT molecular complexity index is 1300. The molecule has 3 rings (SSSR count). The monoisotopic (exact) mass is 514 g/mol. The number of carbonyl (C=O) groups excluding carboxylic acids is 2. The van der Waals surface area contributed by atoms with Crippen molar-refractivity contribution in [2.24, 2.45) is 0 Å². The van der Waals surface area contributed by atoms with Crippen LogP contribution in [0.4, 0.5) is 32.0 Å². The van der Waals surface area contributed by atoms with Crippen LogP contribution in [-0.2, 0) is 0 Å². The molecule has 2 aromatic carbocycles. The fourth-order valence-electron chi connectivity index (χ4n) is 2.93. The van der Waals surface area contributed by atoms with Crippen LogP contribution in [0.2, 0.25) is 0 Å². The summed E-state index contributed by atoms with van der Waals surface area (Å²) in [6.07, 6.45) is -3.86. The van der Waals surface area contributed by atoms with E-state index in [-0.39, 0.29) is 22.7 Å². The van der Waals surface area contributed by atoms with Gasteiger partial charge in [0.15, 0.2) is 17.3 Å². The predicted octanol–water partition coefficient (Wildman–Crippen LogP) is 6.28. The van der Waals surface area contributed by atoms with E-state index in [9.17, 15) is 35.9 Å². The molecule has 1 aromatic heterocycles. The second kappa shape index (κ2) is 10.5. The number of amides is 1. The molecule has 1 N–H and O–H groups in total. The number of anilines is 1. The lowest BCUT2D eigenvalue weighted by molar-refractivity contribution is -0.274. The molecule has 13 heteroatoms. The van der Waals surface area contributed by atoms with Crippen LogP contribution in [-0.4, -0.2) is 29.6 Å². The molecule has 0 saturated carbocycles. The molecule has 0 spiro atoms. The smallest absolute Gasteiger partial charge is 0.453 e. The van der Waals surface area contributed by atoms with E-state index in [1.807, 2.05) is 0 Å². The van der Waals surface area contributed by atoms with Crippen LogP contribution in [0.5, 0.6) is 23.0 Å². The maximum Gasteiger partial charge on any atom is 0.573 e. The van der Waals surface area contributed by atoms with E-state index in [2.05, 4.69) is 19.8 Å². The van der Waals surface area contributed by atoms with Gasteiger partial charge in [-0.15, -0.1) is 13.2 Å². The number of nitrogens with zero attached hydrogens (tertiary/aromatic N) is 1. The van der Waals surface area contributed by atoms with Gasteiger partial charge in [-0.2, -0.15) is 8.78 Å². The van der Waals surface area contributed by atoms with Crippen LogP contribution in [0.25, 0.3) is 0 Å². The van der Waals surface area contributed by atoms with E-state index in [1.54, 1.807) is 0 Å². The third-order valence-corrected chi connectivity index (χ3v) is 4.49. The molecule has 0 aliphatic heterocycles. The molecule has 1 heterocycles. The fraction of sp³-hybridized carbons (Fsp3) is 0.174. The van der Waals surface area contributed by atoms with E-state index >= 15 is 0 Å². The van der Waals surface area contributed by atoms with Crippen molar-refractivity contribution in [3.05, 3.63) is 71.3 Å². The zero-order chi connectivity index (χ0) is 26.6. The maximum absolute atomic E-state index is 15.0. The first kappa shape index (κ1) is 26.3. The Balaban J connectivity index is 1.99. The zero-order valence-electron chi connectivity index (χ0n) is 18.5. The SMILES string of the molecule is CC(=O)c1cc(NC(=O)c2c(Oc3ccc(OC(F)(F)F)cc3OC(F)F)ccc(C)c2F)ccn1. The number of aryl methyl sites for hydroxylation is 1. The largest absolute Gasteiger partial charge is 0.573 e. The van der Waals surface area contributed by atoms with E-state index < -0.39 is 53.3 Å². The molecule has 0 radical (unpaired) electrons. The summed E-state index contributed by atoms with van der Waals surface area (Å²) >= 11 is 0. The van der Waals surface area contributed by atoms with Gasteiger partial charge in [-0.25, -0.2) is 4.39 Å². The summed E-state index contributed by atoms with van der Waals surface area (Å²) in [4.78, 5) is 28.3. The number of rotatable bonds is 8. The highest BCUT2D eigenvalue weighted by Gasteiger charge is 2.32. The topological polar surface area (TPSA) is 86.8 Å². The molecule has 36 heavy (non-hydrogen) atoms. The number of ketones is 1. The highest BCUT2D eigenvalue weighted by molar-refractivity contribution is 6.07. The number of halogens is 6. The highest BCUT2D eigenvalue weighted by Crippen LogP contribution is 2.39. The van der Waals surface area contributed by atoms with Crippen molar-refractivity contribution in [3.63, 3.8) is 0 Å². The van der Waals surface area contributed by atoms with Gasteiger partial charge < -0.3 is 19.5 Å². The lowest BCUT2D eigenvalue weighted by Crippen LogP contribution is -2.17. The van der Waals surface area contributed by atoms with Gasteiger partial charge >= 0.3 is 13.0 Å². The third kappa shape index (κ3) is 6.64. The number of nitrogens with one attached hydrogen (secondary N) is 1. The number of ether oxygens (including phenoxy) is 3. The molecule has 0 saturated heterocycles. The Morgan fingerprint density at radius 1 is 1.00 bits per heavy atom. The average molecular weight is 514 g/mol. The van der Waals surface area contributed by atoms with E-state index in [0.717, 1.165) is 18.2 Å². The van der Waals surface area contributed by atoms with E-state index in [0.29, 0.717) is 6.07 Å². The molecule has 0 unspecified atom stereocenters. The predicted molar refractivity (Wildman–Crippen MR) is 113 cm³/mol. The van der Waals surface area contributed by atoms with Crippen LogP contribution in [0.1, 0.15) is 33.3 Å². The Morgan fingerprint density at radius 3 is 2.33 bits per heavy atom. The molecule has 0 aliphatic carbocycles. The summed E-state index contributed by atoms with van der Waals surface area (Å²) in [7, 11) is 0. The summed E-state index contributed by atoms with van der Waals surface area (Å²) in [6.45, 7) is -0.845. The number of hydrogen-bond donors (Lipinski definition) is 1. The minimum absolute atomic E-state index is 0.0314. The lowest BCUT2D eigenvalue weighted by Gasteiger charge is -2.17. The van der Waals surface area contributed by atoms with Gasteiger partial charge in [0, 0.05) is 24.9 Å². The van der Waals surface area contributed by atoms with Crippen LogP contribution >= 0.6 is 0 Å². The maximum atomic E-state index is 15.0. The van der Waals surface area contributed by atoms with E-state index in [1.165, 1.54) is 38.2 Å². The number of aromatic nitrogens is 1. The second-order valence-corrected chi connectivity index (χ2v) is 7.15. The number of hydrogen-bond acceptors (Lipinski definition) is 6. The highest BCUT2D eigenvalue weighted by atomic mass is 19.4. The van der Waals surface area contributed by atoms with Gasteiger partial charge in [0.1, 0.15) is 28.6 Å². The van der Waals surface area contributed by atoms with Crippen molar-refractivity contribution in [1.82, 2.24) is 4.98 Å². The van der Waals surface area contributed by atoms with Gasteiger partial charge in [-0.1, -0.05) is 6.07 Å². The van der Waals surface area contributed by atoms with Crippen molar-refractivity contribution < 1.29 is 50.1 Å².